The van der Waals surface area contributed by atoms with Gasteiger partial charge in [-0.05, 0) is 47.7 Å². The molecule has 0 atom stereocenters. The molecule has 0 saturated heterocycles. The Morgan fingerprint density at radius 3 is 2.50 bits per heavy atom. The summed E-state index contributed by atoms with van der Waals surface area (Å²) < 4.78 is 5.97. The Labute approximate surface area is 125 Å². The largest absolute Gasteiger partial charge is 0.457 e. The lowest BCUT2D eigenvalue weighted by Crippen LogP contribution is -1.95. The zero-order valence-electron chi connectivity index (χ0n) is 12.0. The van der Waals surface area contributed by atoms with Gasteiger partial charge in [-0.1, -0.05) is 43.6 Å². The second-order valence-electron chi connectivity index (χ2n) is 5.21. The van der Waals surface area contributed by atoms with Gasteiger partial charge in [0.25, 0.3) is 0 Å². The third-order valence-corrected chi connectivity index (χ3v) is 3.57. The smallest absolute Gasteiger partial charge is 0.131 e. The van der Waals surface area contributed by atoms with Crippen molar-refractivity contribution in [1.82, 2.24) is 0 Å². The molecule has 0 aliphatic carbocycles. The van der Waals surface area contributed by atoms with Crippen LogP contribution in [0, 0.1) is 6.92 Å². The molecule has 0 bridgehead atoms. The van der Waals surface area contributed by atoms with E-state index in [1.54, 1.807) is 12.1 Å². The minimum absolute atomic E-state index is 0.0686. The molecule has 2 rings (SSSR count). The third kappa shape index (κ3) is 3.33. The van der Waals surface area contributed by atoms with E-state index in [9.17, 15) is 0 Å². The number of aryl methyl sites for hydroxylation is 1. The molecule has 0 aromatic heterocycles. The van der Waals surface area contributed by atoms with Gasteiger partial charge in [-0.2, -0.15) is 0 Å². The highest BCUT2D eigenvalue weighted by atomic mass is 35.5. The molecule has 2 aromatic carbocycles. The van der Waals surface area contributed by atoms with Crippen molar-refractivity contribution >= 4 is 11.6 Å². The van der Waals surface area contributed by atoms with Crippen LogP contribution < -0.4 is 4.74 Å². The summed E-state index contributed by atoms with van der Waals surface area (Å²) in [6.07, 6.45) is 0. The molecule has 0 unspecified atom stereocenters. The molecule has 2 nitrogen and oxygen atoms in total. The van der Waals surface area contributed by atoms with Crippen LogP contribution in [0.5, 0.6) is 11.5 Å². The number of ether oxygens (including phenoxy) is 1. The van der Waals surface area contributed by atoms with Crippen molar-refractivity contribution in [2.75, 3.05) is 0 Å². The van der Waals surface area contributed by atoms with Gasteiger partial charge in [-0.15, -0.1) is 0 Å². The molecule has 0 fully saturated rings. The fourth-order valence-corrected chi connectivity index (χ4v) is 2.28. The second-order valence-corrected chi connectivity index (χ2v) is 5.62. The first-order valence-corrected chi connectivity index (χ1v) is 7.06. The van der Waals surface area contributed by atoms with E-state index in [4.69, 9.17) is 21.4 Å². The number of halogens is 1. The highest BCUT2D eigenvalue weighted by Gasteiger charge is 2.10. The fraction of sp³-hybridized carbons (Fsp3) is 0.294. The van der Waals surface area contributed by atoms with Crippen LogP contribution in [0.3, 0.4) is 0 Å². The fourth-order valence-electron chi connectivity index (χ4n) is 2.05. The van der Waals surface area contributed by atoms with Crippen molar-refractivity contribution in [3.05, 3.63) is 58.1 Å². The third-order valence-electron chi connectivity index (χ3n) is 3.21. The molecule has 20 heavy (non-hydrogen) atoms. The van der Waals surface area contributed by atoms with Crippen LogP contribution in [-0.4, -0.2) is 5.11 Å². The Morgan fingerprint density at radius 2 is 1.90 bits per heavy atom. The maximum absolute atomic E-state index is 9.13. The number of hydrogen-bond donors (Lipinski definition) is 1. The first kappa shape index (κ1) is 14.9. The lowest BCUT2D eigenvalue weighted by Gasteiger charge is -2.15. The zero-order valence-corrected chi connectivity index (χ0v) is 12.7. The summed E-state index contributed by atoms with van der Waals surface area (Å²) in [5, 5.41) is 9.64. The Morgan fingerprint density at radius 1 is 1.15 bits per heavy atom. The van der Waals surface area contributed by atoms with Gasteiger partial charge in [0.05, 0.1) is 6.61 Å². The van der Waals surface area contributed by atoms with E-state index in [0.29, 0.717) is 22.3 Å². The van der Waals surface area contributed by atoms with E-state index in [0.717, 1.165) is 16.9 Å². The monoisotopic (exact) mass is 290 g/mol. The maximum Gasteiger partial charge on any atom is 0.131 e. The normalized spacial score (nSPS) is 10.9. The molecule has 0 aliphatic rings. The Balaban J connectivity index is 2.34. The van der Waals surface area contributed by atoms with Gasteiger partial charge >= 0.3 is 0 Å². The van der Waals surface area contributed by atoms with Gasteiger partial charge in [0.15, 0.2) is 0 Å². The number of rotatable bonds is 4. The highest BCUT2D eigenvalue weighted by molar-refractivity contribution is 6.31. The average molecular weight is 291 g/mol. The second kappa shape index (κ2) is 6.29. The zero-order chi connectivity index (χ0) is 14.7. The molecule has 0 aliphatic heterocycles. The van der Waals surface area contributed by atoms with Gasteiger partial charge < -0.3 is 9.84 Å². The van der Waals surface area contributed by atoms with Gasteiger partial charge in [0.1, 0.15) is 11.5 Å². The molecule has 106 valence electrons. The molecule has 1 N–H and O–H groups in total. The standard InChI is InChI=1S/C17H19ClO2/c1-11(2)15-7-4-12(3)8-17(15)20-14-6-5-13(10-19)16(18)9-14/h4-9,11,19H,10H2,1-3H3. The first-order valence-electron chi connectivity index (χ1n) is 6.69. The molecular formula is C17H19ClO2. The van der Waals surface area contributed by atoms with E-state index in [1.807, 2.05) is 19.1 Å². The molecule has 2 aromatic rings. The molecule has 0 saturated carbocycles. The summed E-state index contributed by atoms with van der Waals surface area (Å²) in [6, 6.07) is 11.6. The Hall–Kier alpha value is -1.51. The Kier molecular flexibility index (Phi) is 4.69. The summed E-state index contributed by atoms with van der Waals surface area (Å²) in [5.74, 6) is 1.92. The predicted molar refractivity (Wildman–Crippen MR) is 82.7 cm³/mol. The number of aliphatic hydroxyl groups excluding tert-OH is 1. The van der Waals surface area contributed by atoms with Crippen molar-refractivity contribution in [3.8, 4) is 11.5 Å². The summed E-state index contributed by atoms with van der Waals surface area (Å²) in [4.78, 5) is 0. The van der Waals surface area contributed by atoms with Crippen molar-refractivity contribution in [2.24, 2.45) is 0 Å². The lowest BCUT2D eigenvalue weighted by molar-refractivity contribution is 0.282. The van der Waals surface area contributed by atoms with Crippen LogP contribution in [0.25, 0.3) is 0 Å². The molecule has 0 amide bonds. The summed E-state index contributed by atoms with van der Waals surface area (Å²) in [5.41, 5.74) is 3.02. The number of aliphatic hydroxyl groups is 1. The minimum Gasteiger partial charge on any atom is -0.457 e. The van der Waals surface area contributed by atoms with Gasteiger partial charge in [0, 0.05) is 5.02 Å². The van der Waals surface area contributed by atoms with Crippen LogP contribution in [0.1, 0.15) is 36.5 Å². The topological polar surface area (TPSA) is 29.5 Å². The van der Waals surface area contributed by atoms with Crippen LogP contribution in [0.2, 0.25) is 5.02 Å². The number of benzene rings is 2. The molecular weight excluding hydrogens is 272 g/mol. The predicted octanol–water partition coefficient (Wildman–Crippen LogP) is 5.06. The van der Waals surface area contributed by atoms with Gasteiger partial charge in [-0.3, -0.25) is 0 Å². The van der Waals surface area contributed by atoms with E-state index in [2.05, 4.69) is 26.0 Å². The van der Waals surface area contributed by atoms with E-state index in [-0.39, 0.29) is 6.61 Å². The van der Waals surface area contributed by atoms with Gasteiger partial charge in [0.2, 0.25) is 0 Å². The molecule has 0 spiro atoms. The van der Waals surface area contributed by atoms with Crippen LogP contribution in [0.4, 0.5) is 0 Å². The van der Waals surface area contributed by atoms with E-state index >= 15 is 0 Å². The van der Waals surface area contributed by atoms with Crippen LogP contribution in [-0.2, 0) is 6.61 Å². The molecule has 0 heterocycles. The lowest BCUT2D eigenvalue weighted by atomic mass is 10.0. The first-order chi connectivity index (χ1) is 9.51. The van der Waals surface area contributed by atoms with Crippen LogP contribution in [0.15, 0.2) is 36.4 Å². The molecule has 0 radical (unpaired) electrons. The minimum atomic E-state index is -0.0686. The average Bonchev–Trinajstić information content (AvgIpc) is 2.38. The summed E-state index contributed by atoms with van der Waals surface area (Å²) >= 11 is 6.09. The van der Waals surface area contributed by atoms with Crippen molar-refractivity contribution in [1.29, 1.82) is 0 Å². The van der Waals surface area contributed by atoms with Crippen LogP contribution >= 0.6 is 11.6 Å². The van der Waals surface area contributed by atoms with E-state index in [1.165, 1.54) is 0 Å². The number of hydrogen-bond acceptors (Lipinski definition) is 2. The van der Waals surface area contributed by atoms with Gasteiger partial charge in [-0.25, -0.2) is 0 Å². The summed E-state index contributed by atoms with van der Waals surface area (Å²) in [7, 11) is 0. The van der Waals surface area contributed by atoms with Crippen molar-refractivity contribution in [2.45, 2.75) is 33.3 Å². The van der Waals surface area contributed by atoms with Crippen molar-refractivity contribution < 1.29 is 9.84 Å². The Bertz CT molecular complexity index is 606. The highest BCUT2D eigenvalue weighted by Crippen LogP contribution is 2.33. The SMILES string of the molecule is Cc1ccc(C(C)C)c(Oc2ccc(CO)c(Cl)c2)c1. The quantitative estimate of drug-likeness (QED) is 0.853. The summed E-state index contributed by atoms with van der Waals surface area (Å²) in [6.45, 7) is 6.25. The van der Waals surface area contributed by atoms with Crippen molar-refractivity contribution in [3.63, 3.8) is 0 Å². The van der Waals surface area contributed by atoms with E-state index < -0.39 is 0 Å². The molecule has 3 heteroatoms. The maximum atomic E-state index is 9.13.